The van der Waals surface area contributed by atoms with Gasteiger partial charge in [-0.25, -0.2) is 19.7 Å². The number of tetrazole rings is 1. The summed E-state index contributed by atoms with van der Waals surface area (Å²) >= 11 is 0. The van der Waals surface area contributed by atoms with E-state index in [0.717, 1.165) is 30.8 Å². The maximum atomic E-state index is 13.0. The fraction of sp³-hybridized carbons (Fsp3) is 0.462. The van der Waals surface area contributed by atoms with Crippen LogP contribution in [0.3, 0.4) is 0 Å². The molecule has 2 saturated heterocycles. The van der Waals surface area contributed by atoms with Gasteiger partial charge in [-0.3, -0.25) is 14.2 Å². The van der Waals surface area contributed by atoms with E-state index in [2.05, 4.69) is 60.5 Å². The Kier molecular flexibility index (Phi) is 12.6. The number of amides is 2. The predicted molar refractivity (Wildman–Crippen MR) is 207 cm³/mol. The van der Waals surface area contributed by atoms with E-state index in [0.29, 0.717) is 36.6 Å². The first-order valence-electron chi connectivity index (χ1n) is 19.4. The van der Waals surface area contributed by atoms with Gasteiger partial charge in [0.05, 0.1) is 19.4 Å². The molecule has 0 aliphatic carbocycles. The number of rotatable bonds is 15. The summed E-state index contributed by atoms with van der Waals surface area (Å²) in [6.45, 7) is 8.61. The molecule has 3 N–H and O–H groups in total. The highest BCUT2D eigenvalue weighted by molar-refractivity contribution is 5.83. The van der Waals surface area contributed by atoms with Gasteiger partial charge in [0, 0.05) is 39.4 Å². The standard InChI is InChI=1S/C39H48N12O6/c1-4-51-47-36(46-48-51)33-32(55-25(2)52)34(56-26(3)53)38(57-33)50-24-43-31-35(41-22-29(27-14-8-5-9-15-27)28-16-10-6-11-17-28)44-30(45-37(31)50)23-42-39(54)40-18-21-49-19-12-7-13-20-49/h5-6,8-11,14-17,24,29,32-34,38H,4,7,12-13,18-23H2,1-3H3,(H2,40,42,54)(H,41,44,45). The first kappa shape index (κ1) is 39.2. The second-order valence-corrected chi connectivity index (χ2v) is 14.0. The predicted octanol–water partition coefficient (Wildman–Crippen LogP) is 3.50. The lowest BCUT2D eigenvalue weighted by Crippen LogP contribution is -2.41. The first-order valence-corrected chi connectivity index (χ1v) is 19.4. The molecule has 5 aromatic rings. The molecule has 0 radical (unpaired) electrons. The van der Waals surface area contributed by atoms with Crippen LogP contribution in [-0.2, 0) is 36.9 Å². The average Bonchev–Trinajstić information content (AvgIpc) is 3.96. The molecule has 0 spiro atoms. The van der Waals surface area contributed by atoms with Crippen LogP contribution in [0.1, 0.15) is 81.1 Å². The topological polar surface area (TPSA) is 205 Å². The highest BCUT2D eigenvalue weighted by Crippen LogP contribution is 2.42. The van der Waals surface area contributed by atoms with Crippen molar-refractivity contribution in [2.45, 2.75) is 83.6 Å². The van der Waals surface area contributed by atoms with Crippen molar-refractivity contribution in [2.75, 3.05) is 38.0 Å². The van der Waals surface area contributed by atoms with Crippen LogP contribution >= 0.6 is 0 Å². The Morgan fingerprint density at radius 1 is 0.895 bits per heavy atom. The number of carbonyl (C=O) groups is 3. The Labute approximate surface area is 329 Å². The summed E-state index contributed by atoms with van der Waals surface area (Å²) in [4.78, 5) is 56.0. The lowest BCUT2D eigenvalue weighted by atomic mass is 9.91. The first-order chi connectivity index (χ1) is 27.8. The molecule has 7 rings (SSSR count). The van der Waals surface area contributed by atoms with Gasteiger partial charge in [0.25, 0.3) is 0 Å². The minimum absolute atomic E-state index is 0.00617. The number of benzene rings is 2. The number of aromatic nitrogens is 8. The lowest BCUT2D eigenvalue weighted by Gasteiger charge is -2.26. The highest BCUT2D eigenvalue weighted by atomic mass is 16.6. The van der Waals surface area contributed by atoms with Gasteiger partial charge in [0.15, 0.2) is 47.3 Å². The number of nitrogens with zero attached hydrogens (tertiary/aromatic N) is 9. The van der Waals surface area contributed by atoms with E-state index < -0.39 is 36.5 Å². The third kappa shape index (κ3) is 9.52. The lowest BCUT2D eigenvalue weighted by molar-refractivity contribution is -0.165. The van der Waals surface area contributed by atoms with Crippen molar-refractivity contribution in [3.8, 4) is 0 Å². The Hall–Kier alpha value is -6.01. The number of aryl methyl sites for hydroxylation is 1. The summed E-state index contributed by atoms with van der Waals surface area (Å²) in [6, 6.07) is 20.0. The number of imidazole rings is 1. The zero-order chi connectivity index (χ0) is 39.7. The molecule has 2 fully saturated rings. The van der Waals surface area contributed by atoms with Crippen molar-refractivity contribution in [1.82, 2.24) is 55.3 Å². The van der Waals surface area contributed by atoms with Crippen molar-refractivity contribution in [3.63, 3.8) is 0 Å². The van der Waals surface area contributed by atoms with E-state index in [4.69, 9.17) is 29.2 Å². The molecule has 0 saturated carbocycles. The second-order valence-electron chi connectivity index (χ2n) is 14.0. The molecule has 57 heavy (non-hydrogen) atoms. The van der Waals surface area contributed by atoms with E-state index >= 15 is 0 Å². The molecule has 4 unspecified atom stereocenters. The molecule has 18 heteroatoms. The Morgan fingerprint density at radius 3 is 2.23 bits per heavy atom. The van der Waals surface area contributed by atoms with Gasteiger partial charge >= 0.3 is 18.0 Å². The number of likely N-dealkylation sites (tertiary alicyclic amines) is 1. The maximum absolute atomic E-state index is 13.0. The maximum Gasteiger partial charge on any atom is 0.315 e. The largest absolute Gasteiger partial charge is 0.455 e. The van der Waals surface area contributed by atoms with Crippen LogP contribution in [0.4, 0.5) is 10.6 Å². The number of esters is 2. The van der Waals surface area contributed by atoms with Crippen molar-refractivity contribution in [1.29, 1.82) is 0 Å². The summed E-state index contributed by atoms with van der Waals surface area (Å²) in [5, 5.41) is 21.9. The van der Waals surface area contributed by atoms with Gasteiger partial charge in [-0.1, -0.05) is 67.1 Å². The van der Waals surface area contributed by atoms with Gasteiger partial charge in [-0.05, 0) is 49.2 Å². The molecule has 300 valence electrons. The van der Waals surface area contributed by atoms with E-state index in [1.54, 1.807) is 4.57 Å². The van der Waals surface area contributed by atoms with Crippen molar-refractivity contribution in [3.05, 3.63) is 89.8 Å². The van der Waals surface area contributed by atoms with Crippen LogP contribution < -0.4 is 16.0 Å². The highest BCUT2D eigenvalue weighted by Gasteiger charge is 2.53. The van der Waals surface area contributed by atoms with Crippen LogP contribution in [0.2, 0.25) is 0 Å². The average molecular weight is 781 g/mol. The quantitative estimate of drug-likeness (QED) is 0.130. The van der Waals surface area contributed by atoms with Crippen LogP contribution in [0.25, 0.3) is 11.2 Å². The zero-order valence-corrected chi connectivity index (χ0v) is 32.3. The molecule has 2 aliphatic rings. The van der Waals surface area contributed by atoms with Gasteiger partial charge in [0.2, 0.25) is 5.82 Å². The molecule has 3 aromatic heterocycles. The van der Waals surface area contributed by atoms with E-state index in [1.165, 1.54) is 44.2 Å². The number of anilines is 1. The molecular weight excluding hydrogens is 733 g/mol. The van der Waals surface area contributed by atoms with Crippen molar-refractivity contribution >= 4 is 35.0 Å². The Morgan fingerprint density at radius 2 is 1.58 bits per heavy atom. The summed E-state index contributed by atoms with van der Waals surface area (Å²) in [5.41, 5.74) is 2.93. The SMILES string of the molecule is CCn1nnc(C2OC(n3cnc4c(NCC(c5ccccc5)c5ccccc5)nc(CNC(=O)NCCN5CCCCC5)nc43)C(OC(C)=O)C2OC(C)=O)n1. The smallest absolute Gasteiger partial charge is 0.315 e. The summed E-state index contributed by atoms with van der Waals surface area (Å²) < 4.78 is 19.6. The van der Waals surface area contributed by atoms with Crippen molar-refractivity contribution < 1.29 is 28.6 Å². The number of piperidine rings is 1. The van der Waals surface area contributed by atoms with Crippen LogP contribution in [0.15, 0.2) is 67.0 Å². The molecule has 0 bridgehead atoms. The van der Waals surface area contributed by atoms with Gasteiger partial charge in [0.1, 0.15) is 0 Å². The van der Waals surface area contributed by atoms with Gasteiger partial charge in [-0.2, -0.15) is 4.80 Å². The molecule has 2 aliphatic heterocycles. The van der Waals surface area contributed by atoms with E-state index in [-0.39, 0.29) is 30.1 Å². The number of hydrogen-bond acceptors (Lipinski definition) is 14. The van der Waals surface area contributed by atoms with Crippen LogP contribution in [-0.4, -0.2) is 108 Å². The molecule has 2 aromatic carbocycles. The van der Waals surface area contributed by atoms with E-state index in [9.17, 15) is 14.4 Å². The van der Waals surface area contributed by atoms with Crippen LogP contribution in [0.5, 0.6) is 0 Å². The van der Waals surface area contributed by atoms with Gasteiger partial charge < -0.3 is 35.1 Å². The third-order valence-corrected chi connectivity index (χ3v) is 9.99. The second kappa shape index (κ2) is 18.3. The van der Waals surface area contributed by atoms with Crippen molar-refractivity contribution in [2.24, 2.45) is 0 Å². The molecule has 5 heterocycles. The minimum Gasteiger partial charge on any atom is -0.455 e. The number of urea groups is 1. The fourth-order valence-electron chi connectivity index (χ4n) is 7.29. The fourth-order valence-corrected chi connectivity index (χ4v) is 7.29. The number of fused-ring (bicyclic) bond motifs is 1. The summed E-state index contributed by atoms with van der Waals surface area (Å²) in [5.74, 6) is -0.437. The minimum atomic E-state index is -1.15. The number of hydrogen-bond donors (Lipinski definition) is 3. The Balaban J connectivity index is 1.22. The normalized spacial score (nSPS) is 19.7. The third-order valence-electron chi connectivity index (χ3n) is 9.99. The number of carbonyl (C=O) groups excluding carboxylic acids is 3. The molecule has 4 atom stereocenters. The summed E-state index contributed by atoms with van der Waals surface area (Å²) in [7, 11) is 0. The zero-order valence-electron chi connectivity index (χ0n) is 32.3. The molecule has 18 nitrogen and oxygen atoms in total. The molecular formula is C39H48N12O6. The summed E-state index contributed by atoms with van der Waals surface area (Å²) in [6.07, 6.45) is 0.673. The number of nitrogens with one attached hydrogen (secondary N) is 3. The van der Waals surface area contributed by atoms with Crippen LogP contribution in [0, 0.1) is 0 Å². The van der Waals surface area contributed by atoms with E-state index in [1.807, 2.05) is 43.3 Å². The number of ether oxygens (including phenoxy) is 3. The molecule has 2 amide bonds. The Bertz CT molecular complexity index is 2080. The van der Waals surface area contributed by atoms with Gasteiger partial charge in [-0.15, -0.1) is 10.2 Å². The monoisotopic (exact) mass is 780 g/mol.